The molecule has 4 heteroatoms. The second-order valence-electron chi connectivity index (χ2n) is 7.00. The Bertz CT molecular complexity index is 1080. The Kier molecular flexibility index (Phi) is 5.47. The molecule has 0 aliphatic carbocycles. The van der Waals surface area contributed by atoms with Crippen LogP contribution in [0, 0.1) is 39.0 Å². The minimum atomic E-state index is -0.412. The quantitative estimate of drug-likeness (QED) is 0.504. The zero-order chi connectivity index (χ0) is 20.3. The first-order valence-electron chi connectivity index (χ1n) is 9.15. The molecule has 0 fully saturated rings. The number of hydrogen-bond acceptors (Lipinski definition) is 2. The van der Waals surface area contributed by atoms with Gasteiger partial charge in [-0.05, 0) is 80.8 Å². The first-order chi connectivity index (χ1) is 13.4. The summed E-state index contributed by atoms with van der Waals surface area (Å²) in [7, 11) is 0. The highest BCUT2D eigenvalue weighted by Gasteiger charge is 2.14. The number of amides is 1. The standard InChI is InChI=1S/C24H23N3O/c1-16-10-17(2)12-23(11-16)27-18(3)13-20(19(27)4)14-21(15-25)24(28)26-22-8-6-5-7-9-22/h5-14H,1-4H3,(H,26,28). The number of para-hydroxylation sites is 1. The third-order valence-electron chi connectivity index (χ3n) is 4.63. The SMILES string of the molecule is Cc1cc(C)cc(-n2c(C)cc(C=C(C#N)C(=O)Nc3ccccc3)c2C)c1. The molecular weight excluding hydrogens is 346 g/mol. The summed E-state index contributed by atoms with van der Waals surface area (Å²) in [6.07, 6.45) is 1.65. The Labute approximate surface area is 165 Å². The Balaban J connectivity index is 1.97. The summed E-state index contributed by atoms with van der Waals surface area (Å²) in [4.78, 5) is 12.5. The van der Waals surface area contributed by atoms with Gasteiger partial charge >= 0.3 is 0 Å². The van der Waals surface area contributed by atoms with E-state index in [0.717, 1.165) is 22.6 Å². The number of hydrogen-bond donors (Lipinski definition) is 1. The lowest BCUT2D eigenvalue weighted by Gasteiger charge is -2.12. The molecule has 4 nitrogen and oxygen atoms in total. The van der Waals surface area contributed by atoms with Crippen molar-refractivity contribution in [3.8, 4) is 11.8 Å². The molecule has 140 valence electrons. The lowest BCUT2D eigenvalue weighted by molar-refractivity contribution is -0.112. The molecule has 0 radical (unpaired) electrons. The van der Waals surface area contributed by atoms with Crippen molar-refractivity contribution < 1.29 is 4.79 Å². The maximum Gasteiger partial charge on any atom is 0.266 e. The van der Waals surface area contributed by atoms with Crippen molar-refractivity contribution in [2.24, 2.45) is 0 Å². The van der Waals surface area contributed by atoms with Crippen molar-refractivity contribution >= 4 is 17.7 Å². The van der Waals surface area contributed by atoms with Crippen molar-refractivity contribution in [1.29, 1.82) is 5.26 Å². The van der Waals surface area contributed by atoms with Crippen molar-refractivity contribution in [1.82, 2.24) is 4.57 Å². The van der Waals surface area contributed by atoms with Crippen LogP contribution in [0.25, 0.3) is 11.8 Å². The molecule has 0 saturated carbocycles. The molecule has 1 amide bonds. The number of benzene rings is 2. The monoisotopic (exact) mass is 369 g/mol. The van der Waals surface area contributed by atoms with E-state index < -0.39 is 5.91 Å². The summed E-state index contributed by atoms with van der Waals surface area (Å²) in [5.74, 6) is -0.412. The number of aryl methyl sites for hydroxylation is 3. The molecule has 28 heavy (non-hydrogen) atoms. The van der Waals surface area contributed by atoms with Gasteiger partial charge in [-0.25, -0.2) is 0 Å². The summed E-state index contributed by atoms with van der Waals surface area (Å²) in [6, 6.07) is 19.6. The summed E-state index contributed by atoms with van der Waals surface area (Å²) in [6.45, 7) is 8.18. The molecule has 1 heterocycles. The van der Waals surface area contributed by atoms with E-state index in [1.54, 1.807) is 18.2 Å². The molecule has 3 aromatic rings. The second kappa shape index (κ2) is 7.98. The minimum Gasteiger partial charge on any atom is -0.321 e. The summed E-state index contributed by atoms with van der Waals surface area (Å²) < 4.78 is 2.15. The molecule has 0 spiro atoms. The Morgan fingerprint density at radius 2 is 1.64 bits per heavy atom. The second-order valence-corrected chi connectivity index (χ2v) is 7.00. The molecule has 0 unspecified atom stereocenters. The zero-order valence-corrected chi connectivity index (χ0v) is 16.6. The fraction of sp³-hybridized carbons (Fsp3) is 0.167. The first kappa shape index (κ1) is 19.2. The van der Waals surface area contributed by atoms with Gasteiger partial charge in [0.05, 0.1) is 0 Å². The van der Waals surface area contributed by atoms with E-state index >= 15 is 0 Å². The van der Waals surface area contributed by atoms with Crippen LogP contribution in [0.5, 0.6) is 0 Å². The van der Waals surface area contributed by atoms with Gasteiger partial charge in [0.15, 0.2) is 0 Å². The van der Waals surface area contributed by atoms with E-state index in [1.165, 1.54) is 11.1 Å². The van der Waals surface area contributed by atoms with E-state index in [0.29, 0.717) is 5.69 Å². The van der Waals surface area contributed by atoms with E-state index in [4.69, 9.17) is 0 Å². The van der Waals surface area contributed by atoms with Gasteiger partial charge in [-0.1, -0.05) is 24.3 Å². The van der Waals surface area contributed by atoms with Crippen LogP contribution >= 0.6 is 0 Å². The fourth-order valence-corrected chi connectivity index (χ4v) is 3.43. The molecule has 1 aromatic heterocycles. The Morgan fingerprint density at radius 1 is 1.00 bits per heavy atom. The van der Waals surface area contributed by atoms with Crippen LogP contribution in [0.15, 0.2) is 60.2 Å². The fourth-order valence-electron chi connectivity index (χ4n) is 3.43. The van der Waals surface area contributed by atoms with Crippen LogP contribution in [0.2, 0.25) is 0 Å². The van der Waals surface area contributed by atoms with Crippen molar-refractivity contribution in [2.75, 3.05) is 5.32 Å². The molecule has 1 N–H and O–H groups in total. The molecular formula is C24H23N3O. The molecule has 0 aliphatic heterocycles. The number of aromatic nitrogens is 1. The molecule has 0 atom stereocenters. The van der Waals surface area contributed by atoms with Gasteiger partial charge in [-0.2, -0.15) is 5.26 Å². The number of nitriles is 1. The van der Waals surface area contributed by atoms with Gasteiger partial charge in [0.2, 0.25) is 0 Å². The van der Waals surface area contributed by atoms with E-state index in [1.807, 2.05) is 44.2 Å². The van der Waals surface area contributed by atoms with E-state index in [9.17, 15) is 10.1 Å². The predicted molar refractivity (Wildman–Crippen MR) is 113 cm³/mol. The highest BCUT2D eigenvalue weighted by molar-refractivity contribution is 6.09. The van der Waals surface area contributed by atoms with Crippen molar-refractivity contribution in [3.63, 3.8) is 0 Å². The van der Waals surface area contributed by atoms with Crippen LogP contribution in [0.4, 0.5) is 5.69 Å². The average molecular weight is 369 g/mol. The van der Waals surface area contributed by atoms with Gasteiger partial charge < -0.3 is 9.88 Å². The topological polar surface area (TPSA) is 57.8 Å². The predicted octanol–water partition coefficient (Wildman–Crippen LogP) is 5.26. The minimum absolute atomic E-state index is 0.0736. The number of rotatable bonds is 4. The van der Waals surface area contributed by atoms with E-state index in [-0.39, 0.29) is 5.57 Å². The van der Waals surface area contributed by atoms with Crippen LogP contribution < -0.4 is 5.32 Å². The largest absolute Gasteiger partial charge is 0.321 e. The summed E-state index contributed by atoms with van der Waals surface area (Å²) in [5.41, 5.74) is 7.10. The number of nitrogens with one attached hydrogen (secondary N) is 1. The highest BCUT2D eigenvalue weighted by atomic mass is 16.1. The highest BCUT2D eigenvalue weighted by Crippen LogP contribution is 2.24. The molecule has 0 bridgehead atoms. The lowest BCUT2D eigenvalue weighted by atomic mass is 10.1. The maximum atomic E-state index is 12.5. The van der Waals surface area contributed by atoms with Crippen LogP contribution in [0.1, 0.15) is 28.1 Å². The third-order valence-corrected chi connectivity index (χ3v) is 4.63. The van der Waals surface area contributed by atoms with Gasteiger partial charge in [0, 0.05) is 22.8 Å². The molecule has 2 aromatic carbocycles. The number of carbonyl (C=O) groups excluding carboxylic acids is 1. The van der Waals surface area contributed by atoms with Crippen LogP contribution in [-0.4, -0.2) is 10.5 Å². The normalized spacial score (nSPS) is 11.2. The first-order valence-corrected chi connectivity index (χ1v) is 9.15. The van der Waals surface area contributed by atoms with Crippen LogP contribution in [-0.2, 0) is 4.79 Å². The molecule has 3 rings (SSSR count). The Hall–Kier alpha value is -3.58. The number of anilines is 1. The van der Waals surface area contributed by atoms with Gasteiger partial charge in [-0.3, -0.25) is 4.79 Å². The Morgan fingerprint density at radius 3 is 2.25 bits per heavy atom. The van der Waals surface area contributed by atoms with Gasteiger partial charge in [-0.15, -0.1) is 0 Å². The lowest BCUT2D eigenvalue weighted by Crippen LogP contribution is -2.13. The summed E-state index contributed by atoms with van der Waals surface area (Å²) >= 11 is 0. The summed E-state index contributed by atoms with van der Waals surface area (Å²) in [5, 5.41) is 12.3. The smallest absolute Gasteiger partial charge is 0.266 e. The van der Waals surface area contributed by atoms with Gasteiger partial charge in [0.1, 0.15) is 11.6 Å². The van der Waals surface area contributed by atoms with Crippen molar-refractivity contribution in [3.05, 3.63) is 88.2 Å². The number of carbonyl (C=O) groups is 1. The van der Waals surface area contributed by atoms with Gasteiger partial charge in [0.25, 0.3) is 5.91 Å². The van der Waals surface area contributed by atoms with Crippen molar-refractivity contribution in [2.45, 2.75) is 27.7 Å². The number of nitrogens with zero attached hydrogens (tertiary/aromatic N) is 2. The zero-order valence-electron chi connectivity index (χ0n) is 16.6. The average Bonchev–Trinajstić information content (AvgIpc) is 2.92. The molecule has 0 saturated heterocycles. The third kappa shape index (κ3) is 4.05. The van der Waals surface area contributed by atoms with Crippen LogP contribution in [0.3, 0.4) is 0 Å². The molecule has 0 aliphatic rings. The maximum absolute atomic E-state index is 12.5. The van der Waals surface area contributed by atoms with E-state index in [2.05, 4.69) is 41.9 Å².